The number of hydrogen-bond donors (Lipinski definition) is 0. The summed E-state index contributed by atoms with van der Waals surface area (Å²) >= 11 is 1.68. The first kappa shape index (κ1) is 18.0. The lowest BCUT2D eigenvalue weighted by Gasteiger charge is -2.33. The Hall–Kier alpha value is -1.79. The molecule has 0 bridgehead atoms. The van der Waals surface area contributed by atoms with Gasteiger partial charge in [0.2, 0.25) is 10.0 Å². The molecule has 1 fully saturated rings. The molecule has 1 aromatic carbocycles. The molecule has 0 aliphatic carbocycles. The summed E-state index contributed by atoms with van der Waals surface area (Å²) in [7, 11) is -3.50. The molecule has 0 unspecified atom stereocenters. The Labute approximate surface area is 152 Å². The molecule has 1 saturated heterocycles. The van der Waals surface area contributed by atoms with Gasteiger partial charge in [-0.05, 0) is 30.7 Å². The van der Waals surface area contributed by atoms with Crippen LogP contribution in [0.2, 0.25) is 0 Å². The second-order valence-electron chi connectivity index (χ2n) is 5.90. The molecule has 2 aromatic rings. The maximum Gasteiger partial charge on any atom is 0.243 e. The molecular weight excluding hydrogens is 356 g/mol. The number of rotatable bonds is 5. The van der Waals surface area contributed by atoms with Crippen LogP contribution in [-0.4, -0.2) is 48.8 Å². The Bertz CT molecular complexity index is 861. The molecule has 0 radical (unpaired) electrons. The van der Waals surface area contributed by atoms with E-state index in [4.69, 9.17) is 5.26 Å². The monoisotopic (exact) mass is 376 g/mol. The van der Waals surface area contributed by atoms with Crippen LogP contribution in [0.4, 0.5) is 0 Å². The van der Waals surface area contributed by atoms with E-state index in [1.54, 1.807) is 11.3 Å². The molecule has 0 N–H and O–H groups in total. The van der Waals surface area contributed by atoms with E-state index in [0.717, 1.165) is 23.7 Å². The molecule has 25 heavy (non-hydrogen) atoms. The van der Waals surface area contributed by atoms with Crippen LogP contribution in [0.15, 0.2) is 34.5 Å². The Kier molecular flexibility index (Phi) is 5.49. The van der Waals surface area contributed by atoms with Gasteiger partial charge in [0.05, 0.1) is 27.2 Å². The van der Waals surface area contributed by atoms with Gasteiger partial charge >= 0.3 is 0 Å². The number of sulfonamides is 1. The molecule has 8 heteroatoms. The topological polar surface area (TPSA) is 77.3 Å². The Balaban J connectivity index is 1.61. The number of benzene rings is 1. The smallest absolute Gasteiger partial charge is 0.243 e. The summed E-state index contributed by atoms with van der Waals surface area (Å²) in [5.74, 6) is 0. The molecule has 1 aromatic heterocycles. The van der Waals surface area contributed by atoms with Gasteiger partial charge in [-0.2, -0.15) is 9.57 Å². The molecule has 0 amide bonds. The largest absolute Gasteiger partial charge is 0.295 e. The normalized spacial score (nSPS) is 16.6. The molecule has 0 saturated carbocycles. The maximum atomic E-state index is 12.7. The Morgan fingerprint density at radius 2 is 1.88 bits per heavy atom. The lowest BCUT2D eigenvalue weighted by Crippen LogP contribution is -2.48. The van der Waals surface area contributed by atoms with E-state index in [2.05, 4.69) is 22.2 Å². The van der Waals surface area contributed by atoms with E-state index in [1.807, 2.05) is 6.07 Å². The summed E-state index contributed by atoms with van der Waals surface area (Å²) in [6.45, 7) is 5.17. The van der Waals surface area contributed by atoms with Crippen molar-refractivity contribution in [3.63, 3.8) is 0 Å². The molecule has 6 nitrogen and oxygen atoms in total. The van der Waals surface area contributed by atoms with E-state index in [-0.39, 0.29) is 4.90 Å². The van der Waals surface area contributed by atoms with Gasteiger partial charge in [0.1, 0.15) is 0 Å². The van der Waals surface area contributed by atoms with Crippen LogP contribution in [0, 0.1) is 11.3 Å². The fraction of sp³-hybridized carbons (Fsp3) is 0.412. The van der Waals surface area contributed by atoms with Crippen LogP contribution in [0.5, 0.6) is 0 Å². The molecule has 1 aliphatic heterocycles. The first-order valence-corrected chi connectivity index (χ1v) is 10.5. The Morgan fingerprint density at radius 3 is 2.44 bits per heavy atom. The van der Waals surface area contributed by atoms with Crippen LogP contribution in [-0.2, 0) is 23.0 Å². The third-order valence-electron chi connectivity index (χ3n) is 4.24. The van der Waals surface area contributed by atoms with Crippen molar-refractivity contribution in [3.8, 4) is 6.07 Å². The van der Waals surface area contributed by atoms with Gasteiger partial charge in [0.15, 0.2) is 0 Å². The number of aryl methyl sites for hydroxylation is 1. The SMILES string of the molecule is CCc1nc(CN2CCN(S(=O)(=O)c3ccc(C#N)cc3)CC2)cs1. The Morgan fingerprint density at radius 1 is 1.20 bits per heavy atom. The van der Waals surface area contributed by atoms with Gasteiger partial charge in [-0.1, -0.05) is 6.92 Å². The first-order chi connectivity index (χ1) is 12.0. The van der Waals surface area contributed by atoms with Crippen LogP contribution < -0.4 is 0 Å². The van der Waals surface area contributed by atoms with Crippen LogP contribution >= 0.6 is 11.3 Å². The van der Waals surface area contributed by atoms with Crippen molar-refractivity contribution < 1.29 is 8.42 Å². The van der Waals surface area contributed by atoms with Gasteiger partial charge in [-0.3, -0.25) is 4.90 Å². The first-order valence-electron chi connectivity index (χ1n) is 8.19. The van der Waals surface area contributed by atoms with Gasteiger partial charge in [0.25, 0.3) is 0 Å². The number of aromatic nitrogens is 1. The number of piperazine rings is 1. The van der Waals surface area contributed by atoms with Crippen molar-refractivity contribution >= 4 is 21.4 Å². The standard InChI is InChI=1S/C17H20N4O2S2/c1-2-17-19-15(13-24-17)12-20-7-9-21(10-8-20)25(22,23)16-5-3-14(11-18)4-6-16/h3-6,13H,2,7-10,12H2,1H3. The third-order valence-corrected chi connectivity index (χ3v) is 7.19. The summed E-state index contributed by atoms with van der Waals surface area (Å²) in [6, 6.07) is 8.08. The molecule has 3 rings (SSSR count). The third kappa shape index (κ3) is 4.07. The van der Waals surface area contributed by atoms with E-state index in [1.165, 1.54) is 28.6 Å². The van der Waals surface area contributed by atoms with Crippen LogP contribution in [0.25, 0.3) is 0 Å². The highest BCUT2D eigenvalue weighted by atomic mass is 32.2. The van der Waals surface area contributed by atoms with E-state index in [9.17, 15) is 8.42 Å². The molecule has 2 heterocycles. The van der Waals surface area contributed by atoms with E-state index >= 15 is 0 Å². The van der Waals surface area contributed by atoms with Gasteiger partial charge < -0.3 is 0 Å². The van der Waals surface area contributed by atoms with Crippen molar-refractivity contribution in [3.05, 3.63) is 45.9 Å². The fourth-order valence-electron chi connectivity index (χ4n) is 2.79. The van der Waals surface area contributed by atoms with Gasteiger partial charge in [-0.15, -0.1) is 11.3 Å². The highest BCUT2D eigenvalue weighted by Gasteiger charge is 2.28. The quantitative estimate of drug-likeness (QED) is 0.798. The molecule has 0 spiro atoms. The zero-order valence-corrected chi connectivity index (χ0v) is 15.7. The zero-order valence-electron chi connectivity index (χ0n) is 14.1. The van der Waals surface area contributed by atoms with Crippen LogP contribution in [0.1, 0.15) is 23.2 Å². The summed E-state index contributed by atoms with van der Waals surface area (Å²) in [4.78, 5) is 7.05. The van der Waals surface area contributed by atoms with E-state index < -0.39 is 10.0 Å². The minimum atomic E-state index is -3.50. The summed E-state index contributed by atoms with van der Waals surface area (Å²) in [6.07, 6.45) is 0.946. The van der Waals surface area contributed by atoms with Gasteiger partial charge in [-0.25, -0.2) is 13.4 Å². The molecule has 1 aliphatic rings. The summed E-state index contributed by atoms with van der Waals surface area (Å²) < 4.78 is 26.9. The van der Waals surface area contributed by atoms with Gasteiger partial charge in [0, 0.05) is 38.1 Å². The second kappa shape index (κ2) is 7.62. The average molecular weight is 377 g/mol. The van der Waals surface area contributed by atoms with E-state index in [0.29, 0.717) is 31.7 Å². The maximum absolute atomic E-state index is 12.7. The van der Waals surface area contributed by atoms with Crippen molar-refractivity contribution in [2.45, 2.75) is 24.8 Å². The molecular formula is C17H20N4O2S2. The van der Waals surface area contributed by atoms with Crippen molar-refractivity contribution in [2.24, 2.45) is 0 Å². The van der Waals surface area contributed by atoms with Crippen molar-refractivity contribution in [1.29, 1.82) is 5.26 Å². The highest BCUT2D eigenvalue weighted by molar-refractivity contribution is 7.89. The van der Waals surface area contributed by atoms with Crippen molar-refractivity contribution in [1.82, 2.24) is 14.2 Å². The predicted octanol–water partition coefficient (Wildman–Crippen LogP) is 2.08. The number of nitrogens with zero attached hydrogens (tertiary/aromatic N) is 4. The lowest BCUT2D eigenvalue weighted by molar-refractivity contribution is 0.180. The highest BCUT2D eigenvalue weighted by Crippen LogP contribution is 2.19. The zero-order chi connectivity index (χ0) is 17.9. The summed E-state index contributed by atoms with van der Waals surface area (Å²) in [5, 5.41) is 12.0. The molecule has 0 atom stereocenters. The fourth-order valence-corrected chi connectivity index (χ4v) is 4.95. The number of hydrogen-bond acceptors (Lipinski definition) is 6. The minimum Gasteiger partial charge on any atom is -0.295 e. The average Bonchev–Trinajstić information content (AvgIpc) is 3.10. The number of nitriles is 1. The number of thiazole rings is 1. The minimum absolute atomic E-state index is 0.243. The summed E-state index contributed by atoms with van der Waals surface area (Å²) in [5.41, 5.74) is 1.52. The lowest BCUT2D eigenvalue weighted by atomic mass is 10.2. The van der Waals surface area contributed by atoms with Crippen molar-refractivity contribution in [2.75, 3.05) is 26.2 Å². The predicted molar refractivity (Wildman–Crippen MR) is 96.7 cm³/mol. The molecule has 132 valence electrons. The van der Waals surface area contributed by atoms with Crippen LogP contribution in [0.3, 0.4) is 0 Å². The second-order valence-corrected chi connectivity index (χ2v) is 8.78.